The van der Waals surface area contributed by atoms with Gasteiger partial charge in [0, 0.05) is 12.3 Å². The van der Waals surface area contributed by atoms with Crippen molar-refractivity contribution in [3.8, 4) is 0 Å². The molecule has 0 spiro atoms. The minimum absolute atomic E-state index is 0.872. The highest BCUT2D eigenvalue weighted by Gasteiger charge is 2.02. The van der Waals surface area contributed by atoms with Crippen molar-refractivity contribution in [3.63, 3.8) is 0 Å². The predicted molar refractivity (Wildman–Crippen MR) is 33.7 cm³/mol. The van der Waals surface area contributed by atoms with E-state index in [0.29, 0.717) is 0 Å². The monoisotopic (exact) mass is 113 g/mol. The highest BCUT2D eigenvalue weighted by molar-refractivity contribution is 5.83. The lowest BCUT2D eigenvalue weighted by atomic mass is 10.4. The van der Waals surface area contributed by atoms with E-state index in [9.17, 15) is 0 Å². The third-order valence-corrected chi connectivity index (χ3v) is 1.11. The highest BCUT2D eigenvalue weighted by Crippen LogP contribution is 1.87. The zero-order valence-corrected chi connectivity index (χ0v) is 5.31. The summed E-state index contributed by atoms with van der Waals surface area (Å²) < 4.78 is 0. The van der Waals surface area contributed by atoms with Crippen LogP contribution in [0.4, 0.5) is 0 Å². The van der Waals surface area contributed by atoms with Gasteiger partial charge in [0.25, 0.3) is 0 Å². The second-order valence-corrected chi connectivity index (χ2v) is 2.18. The average molecular weight is 113 g/mol. The lowest BCUT2D eigenvalue weighted by Crippen LogP contribution is -2.37. The van der Waals surface area contributed by atoms with Gasteiger partial charge in [0.1, 0.15) is 0 Å². The van der Waals surface area contributed by atoms with Gasteiger partial charge in [-0.1, -0.05) is 0 Å². The second kappa shape index (κ2) is 2.13. The average Bonchev–Trinajstić information content (AvgIpc) is 1.64. The van der Waals surface area contributed by atoms with E-state index in [-0.39, 0.29) is 0 Å². The van der Waals surface area contributed by atoms with Gasteiger partial charge in [-0.15, -0.1) is 0 Å². The van der Waals surface area contributed by atoms with E-state index in [4.69, 9.17) is 0 Å². The van der Waals surface area contributed by atoms with Crippen molar-refractivity contribution in [1.29, 1.82) is 0 Å². The van der Waals surface area contributed by atoms with E-state index >= 15 is 0 Å². The number of hydrogen-bond acceptors (Lipinski definition) is 3. The first kappa shape index (κ1) is 5.56. The summed E-state index contributed by atoms with van der Waals surface area (Å²) in [6.45, 7) is 3.88. The summed E-state index contributed by atoms with van der Waals surface area (Å²) in [4.78, 5) is 2.17. The normalized spacial score (nSPS) is 22.0. The van der Waals surface area contributed by atoms with E-state index in [0.717, 1.165) is 18.9 Å². The van der Waals surface area contributed by atoms with Crippen molar-refractivity contribution in [2.75, 3.05) is 20.3 Å². The molecule has 46 valence electrons. The van der Waals surface area contributed by atoms with Crippen LogP contribution >= 0.6 is 0 Å². The molecule has 0 aromatic rings. The molecule has 1 aliphatic rings. The zero-order valence-electron chi connectivity index (χ0n) is 5.31. The van der Waals surface area contributed by atoms with Gasteiger partial charge >= 0.3 is 0 Å². The number of nitrogens with one attached hydrogen (secondary N) is 1. The minimum atomic E-state index is 0.872. The molecule has 0 saturated heterocycles. The highest BCUT2D eigenvalue weighted by atomic mass is 15.4. The molecule has 3 nitrogen and oxygen atoms in total. The molecule has 1 heterocycles. The van der Waals surface area contributed by atoms with Crippen LogP contribution in [0.1, 0.15) is 6.92 Å². The molecule has 1 N–H and O–H groups in total. The summed E-state index contributed by atoms with van der Waals surface area (Å²) in [5.41, 5.74) is 4.05. The molecule has 0 atom stereocenters. The first-order valence-electron chi connectivity index (χ1n) is 2.73. The van der Waals surface area contributed by atoms with Crippen LogP contribution in [-0.4, -0.2) is 30.9 Å². The Balaban J connectivity index is 2.45. The lowest BCUT2D eigenvalue weighted by Gasteiger charge is -2.20. The fraction of sp³-hybridized carbons (Fsp3) is 0.800. The molecule has 1 aliphatic heterocycles. The van der Waals surface area contributed by atoms with Crippen LogP contribution in [0.5, 0.6) is 0 Å². The Morgan fingerprint density at radius 1 is 1.75 bits per heavy atom. The Labute approximate surface area is 49.4 Å². The Morgan fingerprint density at radius 3 is 2.88 bits per heavy atom. The molecule has 0 saturated carbocycles. The summed E-state index contributed by atoms with van der Waals surface area (Å²) in [5.74, 6) is 0. The number of nitrogens with zero attached hydrogens (tertiary/aromatic N) is 2. The van der Waals surface area contributed by atoms with Gasteiger partial charge in [-0.2, -0.15) is 5.10 Å². The Kier molecular flexibility index (Phi) is 1.48. The topological polar surface area (TPSA) is 27.6 Å². The van der Waals surface area contributed by atoms with Gasteiger partial charge in [0.05, 0.1) is 6.67 Å². The summed E-state index contributed by atoms with van der Waals surface area (Å²) in [6.07, 6.45) is 0. The summed E-state index contributed by atoms with van der Waals surface area (Å²) in [6, 6.07) is 0. The van der Waals surface area contributed by atoms with Crippen molar-refractivity contribution in [1.82, 2.24) is 10.3 Å². The van der Waals surface area contributed by atoms with Gasteiger partial charge in [-0.25, -0.2) is 0 Å². The van der Waals surface area contributed by atoms with Crippen molar-refractivity contribution in [2.45, 2.75) is 6.92 Å². The van der Waals surface area contributed by atoms with Crippen molar-refractivity contribution < 1.29 is 0 Å². The van der Waals surface area contributed by atoms with Gasteiger partial charge in [0.2, 0.25) is 0 Å². The number of hydrazone groups is 1. The van der Waals surface area contributed by atoms with Gasteiger partial charge in [0.15, 0.2) is 0 Å². The summed E-state index contributed by atoms with van der Waals surface area (Å²) in [5, 5.41) is 4.01. The van der Waals surface area contributed by atoms with Crippen LogP contribution in [0.25, 0.3) is 0 Å². The molecule has 0 amide bonds. The smallest absolute Gasteiger partial charge is 0.0849 e. The molecule has 0 radical (unpaired) electrons. The molecule has 0 aliphatic carbocycles. The van der Waals surface area contributed by atoms with Gasteiger partial charge in [-0.3, -0.25) is 10.3 Å². The maximum Gasteiger partial charge on any atom is 0.0849 e. The molecule has 0 bridgehead atoms. The van der Waals surface area contributed by atoms with E-state index in [1.807, 2.05) is 6.92 Å². The molecule has 0 unspecified atom stereocenters. The lowest BCUT2D eigenvalue weighted by molar-refractivity contribution is 0.332. The zero-order chi connectivity index (χ0) is 5.98. The third-order valence-electron chi connectivity index (χ3n) is 1.11. The molecule has 0 fully saturated rings. The van der Waals surface area contributed by atoms with Gasteiger partial charge in [-0.05, 0) is 14.0 Å². The Hall–Kier alpha value is -0.570. The Morgan fingerprint density at radius 2 is 2.50 bits per heavy atom. The van der Waals surface area contributed by atoms with E-state index in [1.54, 1.807) is 0 Å². The SMILES string of the molecule is CC1=NNCN(C)C1. The second-order valence-electron chi connectivity index (χ2n) is 2.18. The number of hydrogen-bond donors (Lipinski definition) is 1. The van der Waals surface area contributed by atoms with Crippen LogP contribution in [0, 0.1) is 0 Å². The van der Waals surface area contributed by atoms with Crippen molar-refractivity contribution in [2.24, 2.45) is 5.10 Å². The van der Waals surface area contributed by atoms with Crippen LogP contribution < -0.4 is 5.43 Å². The third kappa shape index (κ3) is 1.20. The van der Waals surface area contributed by atoms with Gasteiger partial charge < -0.3 is 0 Å². The summed E-state index contributed by atoms with van der Waals surface area (Å²) >= 11 is 0. The molecule has 0 aromatic heterocycles. The standard InChI is InChI=1S/C5H11N3/c1-5-3-8(2)4-6-7-5/h6H,3-4H2,1-2H3. The van der Waals surface area contributed by atoms with Crippen molar-refractivity contribution >= 4 is 5.71 Å². The van der Waals surface area contributed by atoms with E-state index in [2.05, 4.69) is 22.5 Å². The molecule has 8 heavy (non-hydrogen) atoms. The maximum absolute atomic E-state index is 4.01. The molecule has 3 heteroatoms. The number of rotatable bonds is 0. The first-order valence-corrected chi connectivity index (χ1v) is 2.73. The van der Waals surface area contributed by atoms with Crippen LogP contribution in [-0.2, 0) is 0 Å². The van der Waals surface area contributed by atoms with Crippen LogP contribution in [0.2, 0.25) is 0 Å². The molecule has 1 rings (SSSR count). The first-order chi connectivity index (χ1) is 3.79. The fourth-order valence-electron chi connectivity index (χ4n) is 0.773. The molecule has 0 aromatic carbocycles. The summed E-state index contributed by atoms with van der Waals surface area (Å²) in [7, 11) is 2.06. The van der Waals surface area contributed by atoms with Crippen LogP contribution in [0.3, 0.4) is 0 Å². The predicted octanol–water partition coefficient (Wildman–Crippen LogP) is -0.145. The van der Waals surface area contributed by atoms with E-state index < -0.39 is 0 Å². The molecular formula is C5H11N3. The quantitative estimate of drug-likeness (QED) is 0.473. The molecular weight excluding hydrogens is 102 g/mol. The largest absolute Gasteiger partial charge is 0.296 e. The van der Waals surface area contributed by atoms with Crippen molar-refractivity contribution in [3.05, 3.63) is 0 Å². The van der Waals surface area contributed by atoms with E-state index in [1.165, 1.54) is 0 Å². The minimum Gasteiger partial charge on any atom is -0.296 e. The maximum atomic E-state index is 4.01. The fourth-order valence-corrected chi connectivity index (χ4v) is 0.773. The Bertz CT molecular complexity index is 108. The van der Waals surface area contributed by atoms with Crippen LogP contribution in [0.15, 0.2) is 5.10 Å².